The fraction of sp³-hybridized carbons (Fsp3) is 0.286. The van der Waals surface area contributed by atoms with Gasteiger partial charge in [0.15, 0.2) is 0 Å². The van der Waals surface area contributed by atoms with Gasteiger partial charge in [-0.1, -0.05) is 140 Å². The van der Waals surface area contributed by atoms with Gasteiger partial charge in [0.1, 0.15) is 0 Å². The molecule has 0 N–H and O–H groups in total. The monoisotopic (exact) mass is 634 g/mol. The first-order valence-electron chi connectivity index (χ1n) is 14.1. The summed E-state index contributed by atoms with van der Waals surface area (Å²) in [5.74, 6) is 0. The fourth-order valence-corrected chi connectivity index (χ4v) is 12.1. The van der Waals surface area contributed by atoms with E-state index < -0.39 is 25.3 Å². The third-order valence-corrected chi connectivity index (χ3v) is 13.2. The number of benzene rings is 4. The van der Waals surface area contributed by atoms with E-state index in [1.54, 1.807) is 0 Å². The van der Waals surface area contributed by atoms with Gasteiger partial charge >= 0.3 is 35.6 Å². The Hall–Kier alpha value is -1.69. The topological polar surface area (TPSA) is 17.3 Å². The van der Waals surface area contributed by atoms with Gasteiger partial charge in [0.05, 0.1) is 0 Å². The summed E-state index contributed by atoms with van der Waals surface area (Å²) >= 11 is -0.556. The normalized spacial score (nSPS) is 18.3. The second-order valence-electron chi connectivity index (χ2n) is 11.8. The van der Waals surface area contributed by atoms with Crippen molar-refractivity contribution in [2.24, 2.45) is 0 Å². The first-order valence-corrected chi connectivity index (χ1v) is 20.4. The predicted octanol–water partition coefficient (Wildman–Crippen LogP) is 8.57. The Bertz CT molecular complexity index is 1350. The third kappa shape index (κ3) is 6.94. The van der Waals surface area contributed by atoms with Gasteiger partial charge < -0.3 is 12.4 Å². The van der Waals surface area contributed by atoms with Gasteiger partial charge in [0.25, 0.3) is 0 Å². The maximum absolute atomic E-state index is 5.90. The van der Waals surface area contributed by atoms with Crippen LogP contribution in [0.3, 0.4) is 0 Å². The second kappa shape index (κ2) is 14.2. The van der Waals surface area contributed by atoms with Crippen LogP contribution in [0.2, 0.25) is 0 Å². The second-order valence-corrected chi connectivity index (χ2v) is 18.0. The molecule has 1 aliphatic heterocycles. The van der Waals surface area contributed by atoms with Gasteiger partial charge in [-0.15, -0.1) is 5.54 Å². The Morgan fingerprint density at radius 3 is 1.78 bits per heavy atom. The van der Waals surface area contributed by atoms with E-state index in [9.17, 15) is 0 Å². The maximum atomic E-state index is 5.90. The molecule has 0 amide bonds. The van der Waals surface area contributed by atoms with E-state index in [0.29, 0.717) is 11.6 Å². The van der Waals surface area contributed by atoms with Crippen LogP contribution in [0.1, 0.15) is 61.0 Å². The molecule has 0 radical (unpaired) electrons. The molecule has 1 aliphatic carbocycles. The molecule has 1 heterocycles. The molecule has 214 valence electrons. The number of hydrogen-bond acceptors (Lipinski definition) is 1. The van der Waals surface area contributed by atoms with E-state index in [-0.39, 0.29) is 13.0 Å². The van der Waals surface area contributed by atoms with Crippen molar-refractivity contribution in [2.45, 2.75) is 57.3 Å². The molecule has 0 saturated carbocycles. The Morgan fingerprint density at radius 2 is 1.22 bits per heavy atom. The van der Waals surface area contributed by atoms with Gasteiger partial charge in [-0.2, -0.15) is 0 Å². The number of rotatable bonds is 5. The molecule has 2 unspecified atom stereocenters. The van der Waals surface area contributed by atoms with E-state index in [0.717, 1.165) is 25.9 Å². The number of hydrogen-bond donors (Lipinski definition) is 0. The van der Waals surface area contributed by atoms with Crippen LogP contribution in [0, 0.1) is 7.43 Å². The van der Waals surface area contributed by atoms with Crippen molar-refractivity contribution in [3.63, 3.8) is 0 Å². The molecule has 0 fully saturated rings. The van der Waals surface area contributed by atoms with Crippen LogP contribution in [-0.4, -0.2) is 25.2 Å². The molecular weight excluding hydrogens is 595 g/mol. The van der Waals surface area contributed by atoms with E-state index in [1.807, 2.05) is 0 Å². The van der Waals surface area contributed by atoms with Gasteiger partial charge in [-0.3, -0.25) is 4.90 Å². The van der Waals surface area contributed by atoms with Crippen molar-refractivity contribution >= 4 is 37.2 Å². The number of halogens is 2. The van der Waals surface area contributed by atoms with Crippen molar-refractivity contribution in [1.29, 1.82) is 0 Å². The Labute approximate surface area is 265 Å². The van der Waals surface area contributed by atoms with Crippen LogP contribution < -0.4 is 10.4 Å². The van der Waals surface area contributed by atoms with E-state index in [4.69, 9.17) is 23.6 Å². The molecule has 6 rings (SSSR count). The molecular formula is C35H40Cl2N2SiTi-2. The minimum atomic E-state index is -2.58. The summed E-state index contributed by atoms with van der Waals surface area (Å²) in [6, 6.07) is 41.2. The summed E-state index contributed by atoms with van der Waals surface area (Å²) in [6.07, 6.45) is 2.25. The Kier molecular flexibility index (Phi) is 11.2. The average molecular weight is 636 g/mol. The molecule has 4 aromatic rings. The van der Waals surface area contributed by atoms with E-state index >= 15 is 0 Å². The van der Waals surface area contributed by atoms with Crippen molar-refractivity contribution in [3.05, 3.63) is 144 Å². The summed E-state index contributed by atoms with van der Waals surface area (Å²) in [5.41, 5.74) is 6.27. The van der Waals surface area contributed by atoms with Crippen LogP contribution in [0.4, 0.5) is 0 Å². The molecule has 2 nitrogen and oxygen atoms in total. The zero-order valence-corrected chi connectivity index (χ0v) is 28.6. The molecule has 6 heteroatoms. The zero-order chi connectivity index (χ0) is 28.2. The molecule has 0 spiro atoms. The summed E-state index contributed by atoms with van der Waals surface area (Å²) in [7, 11) is 7.20. The summed E-state index contributed by atoms with van der Waals surface area (Å²) in [6.45, 7) is 8.98. The number of fused-ring (bicyclic) bond motifs is 2. The van der Waals surface area contributed by atoms with Crippen LogP contribution in [0.5, 0.6) is 0 Å². The molecule has 0 aromatic heterocycles. The summed E-state index contributed by atoms with van der Waals surface area (Å²) in [4.78, 5) is 8.64. The Balaban J connectivity index is 0.000000929. The van der Waals surface area contributed by atoms with Gasteiger partial charge in [0.2, 0.25) is 0 Å². The van der Waals surface area contributed by atoms with E-state index in [2.05, 4.69) is 135 Å². The van der Waals surface area contributed by atoms with Crippen LogP contribution >= 0.6 is 18.6 Å². The van der Waals surface area contributed by atoms with Gasteiger partial charge in [-0.25, -0.2) is 0 Å². The number of nitrogens with zero attached hydrogens (tertiary/aromatic N) is 2. The molecule has 2 atom stereocenters. The zero-order valence-electron chi connectivity index (χ0n) is 24.5. The predicted molar refractivity (Wildman–Crippen MR) is 176 cm³/mol. The molecule has 2 aliphatic rings. The van der Waals surface area contributed by atoms with Gasteiger partial charge in [-0.05, 0) is 40.6 Å². The van der Waals surface area contributed by atoms with Crippen molar-refractivity contribution < 1.29 is 17.0 Å². The molecule has 0 bridgehead atoms. The SMILES string of the molecule is CC(C)(C)[N-][Si](c1ccccc1)(c1ccccc1)C1CC(N2CCc3ccccc3C2)c2ccccc21.[CH3-].[Cl][Ti][Cl]. The van der Waals surface area contributed by atoms with Crippen molar-refractivity contribution in [3.8, 4) is 0 Å². The summed E-state index contributed by atoms with van der Waals surface area (Å²) in [5, 5.41) is 2.83. The Morgan fingerprint density at radius 1 is 0.732 bits per heavy atom. The molecule has 41 heavy (non-hydrogen) atoms. The van der Waals surface area contributed by atoms with Crippen LogP contribution in [0.25, 0.3) is 4.98 Å². The first kappa shape index (κ1) is 32.2. The van der Waals surface area contributed by atoms with Crippen molar-refractivity contribution in [1.82, 2.24) is 4.90 Å². The summed E-state index contributed by atoms with van der Waals surface area (Å²) < 4.78 is 0. The van der Waals surface area contributed by atoms with Crippen LogP contribution in [-0.2, 0) is 30.0 Å². The molecule has 0 saturated heterocycles. The van der Waals surface area contributed by atoms with E-state index in [1.165, 1.54) is 32.6 Å². The van der Waals surface area contributed by atoms with Crippen molar-refractivity contribution in [2.75, 3.05) is 6.54 Å². The quantitative estimate of drug-likeness (QED) is 0.159. The standard InChI is InChI=1S/C34H37N2Si.CH3.2ClH.Ti/c1-34(2,3)35-37(28-16-6-4-7-17-28,29-18-8-5-9-19-29)33-24-32(30-20-12-13-21-31(30)33)36-23-22-26-14-10-11-15-27(26)25-36;;;;/h4-21,32-33H,22-25H2,1-3H3;1H3;2*1H;/q2*-1;;;+2/p-2. The van der Waals surface area contributed by atoms with Crippen LogP contribution in [0.15, 0.2) is 109 Å². The first-order chi connectivity index (χ1) is 19.4. The average Bonchev–Trinajstić information content (AvgIpc) is 3.37. The third-order valence-electron chi connectivity index (χ3n) is 8.23. The van der Waals surface area contributed by atoms with Gasteiger partial charge in [0, 0.05) is 27.4 Å². The minimum absolute atomic E-state index is 0. The molecule has 4 aromatic carbocycles. The fourth-order valence-electron chi connectivity index (χ4n) is 6.82.